The highest BCUT2D eigenvalue weighted by Gasteiger charge is 2.01. The summed E-state index contributed by atoms with van der Waals surface area (Å²) >= 11 is 11.8. The summed E-state index contributed by atoms with van der Waals surface area (Å²) < 4.78 is 5.59. The zero-order valence-corrected chi connectivity index (χ0v) is 11.3. The highest BCUT2D eigenvalue weighted by molar-refractivity contribution is 6.42. The first-order valence-electron chi connectivity index (χ1n) is 5.71. The molecular formula is C15H9Cl2NO. The van der Waals surface area contributed by atoms with Crippen molar-refractivity contribution in [2.45, 2.75) is 0 Å². The van der Waals surface area contributed by atoms with Crippen LogP contribution in [0.15, 0.2) is 46.9 Å². The fourth-order valence-electron chi connectivity index (χ4n) is 1.74. The highest BCUT2D eigenvalue weighted by Crippen LogP contribution is 2.24. The normalized spacial score (nSPS) is 11.5. The van der Waals surface area contributed by atoms with Crippen molar-refractivity contribution in [1.29, 1.82) is 0 Å². The molecule has 1 heterocycles. The quantitative estimate of drug-likeness (QED) is 0.639. The van der Waals surface area contributed by atoms with Crippen LogP contribution in [0.25, 0.3) is 23.3 Å². The first kappa shape index (κ1) is 12.3. The number of rotatable bonds is 2. The Bertz CT molecular complexity index is 729. The molecule has 19 heavy (non-hydrogen) atoms. The van der Waals surface area contributed by atoms with E-state index >= 15 is 0 Å². The predicted octanol–water partition coefficient (Wildman–Crippen LogP) is 5.31. The van der Waals surface area contributed by atoms with E-state index < -0.39 is 0 Å². The lowest BCUT2D eigenvalue weighted by atomic mass is 10.2. The maximum absolute atomic E-state index is 5.95. The van der Waals surface area contributed by atoms with Crippen LogP contribution in [-0.2, 0) is 0 Å². The molecule has 0 saturated carbocycles. The Kier molecular flexibility index (Phi) is 3.28. The molecule has 0 amide bonds. The Morgan fingerprint density at radius 3 is 2.58 bits per heavy atom. The van der Waals surface area contributed by atoms with Gasteiger partial charge in [-0.3, -0.25) is 0 Å². The van der Waals surface area contributed by atoms with Crippen molar-refractivity contribution >= 4 is 46.5 Å². The summed E-state index contributed by atoms with van der Waals surface area (Å²) in [7, 11) is 0. The molecule has 2 aromatic carbocycles. The third kappa shape index (κ3) is 2.65. The third-order valence-electron chi connectivity index (χ3n) is 2.67. The van der Waals surface area contributed by atoms with Gasteiger partial charge in [0.2, 0.25) is 5.89 Å². The maximum atomic E-state index is 5.95. The summed E-state index contributed by atoms with van der Waals surface area (Å²) in [4.78, 5) is 4.36. The molecule has 4 heteroatoms. The SMILES string of the molecule is Clc1ccc(C=Cc2nc3ccccc3o2)cc1Cl. The summed E-state index contributed by atoms with van der Waals surface area (Å²) in [5.74, 6) is 0.562. The molecule has 0 atom stereocenters. The van der Waals surface area contributed by atoms with Gasteiger partial charge in [-0.1, -0.05) is 41.4 Å². The maximum Gasteiger partial charge on any atom is 0.220 e. The summed E-state index contributed by atoms with van der Waals surface area (Å²) in [6, 6.07) is 13.1. The van der Waals surface area contributed by atoms with Crippen LogP contribution < -0.4 is 0 Å². The van der Waals surface area contributed by atoms with Gasteiger partial charge in [-0.05, 0) is 35.9 Å². The van der Waals surface area contributed by atoms with E-state index in [1.165, 1.54) is 0 Å². The summed E-state index contributed by atoms with van der Waals surface area (Å²) in [5.41, 5.74) is 2.56. The monoisotopic (exact) mass is 289 g/mol. The molecule has 0 aliphatic carbocycles. The molecule has 0 fully saturated rings. The largest absolute Gasteiger partial charge is 0.437 e. The Hall–Kier alpha value is -1.77. The standard InChI is InChI=1S/C15H9Cl2NO/c16-11-7-5-10(9-12(11)17)6-8-15-18-13-3-1-2-4-14(13)19-15/h1-9H. The van der Waals surface area contributed by atoms with Gasteiger partial charge in [-0.2, -0.15) is 0 Å². The van der Waals surface area contributed by atoms with E-state index in [0.29, 0.717) is 15.9 Å². The minimum absolute atomic E-state index is 0.529. The van der Waals surface area contributed by atoms with Crippen LogP contribution in [0.4, 0.5) is 0 Å². The van der Waals surface area contributed by atoms with Gasteiger partial charge in [0.25, 0.3) is 0 Å². The number of benzene rings is 2. The average molecular weight is 290 g/mol. The van der Waals surface area contributed by atoms with Crippen LogP contribution in [0.1, 0.15) is 11.5 Å². The van der Waals surface area contributed by atoms with Gasteiger partial charge < -0.3 is 4.42 Å². The van der Waals surface area contributed by atoms with Crippen molar-refractivity contribution in [3.05, 3.63) is 64.0 Å². The fraction of sp³-hybridized carbons (Fsp3) is 0. The number of aromatic nitrogens is 1. The molecule has 0 bridgehead atoms. The first-order valence-corrected chi connectivity index (χ1v) is 6.47. The second-order valence-electron chi connectivity index (χ2n) is 4.03. The van der Waals surface area contributed by atoms with E-state index in [2.05, 4.69) is 4.98 Å². The van der Waals surface area contributed by atoms with E-state index in [0.717, 1.165) is 16.7 Å². The van der Waals surface area contributed by atoms with Gasteiger partial charge >= 0.3 is 0 Å². The second-order valence-corrected chi connectivity index (χ2v) is 4.84. The van der Waals surface area contributed by atoms with Crippen LogP contribution in [0, 0.1) is 0 Å². The minimum atomic E-state index is 0.529. The average Bonchev–Trinajstić information content (AvgIpc) is 2.83. The lowest BCUT2D eigenvalue weighted by Crippen LogP contribution is -1.74. The summed E-state index contributed by atoms with van der Waals surface area (Å²) in [6.45, 7) is 0. The highest BCUT2D eigenvalue weighted by atomic mass is 35.5. The smallest absolute Gasteiger partial charge is 0.220 e. The fourth-order valence-corrected chi connectivity index (χ4v) is 2.05. The molecule has 0 N–H and O–H groups in total. The number of hydrogen-bond acceptors (Lipinski definition) is 2. The van der Waals surface area contributed by atoms with E-state index in [-0.39, 0.29) is 0 Å². The van der Waals surface area contributed by atoms with Gasteiger partial charge in [-0.25, -0.2) is 4.98 Å². The predicted molar refractivity (Wildman–Crippen MR) is 79.4 cm³/mol. The first-order chi connectivity index (χ1) is 9.22. The topological polar surface area (TPSA) is 26.0 Å². The molecule has 3 rings (SSSR count). The van der Waals surface area contributed by atoms with Crippen LogP contribution in [0.2, 0.25) is 10.0 Å². The van der Waals surface area contributed by atoms with Gasteiger partial charge in [0, 0.05) is 6.08 Å². The zero-order chi connectivity index (χ0) is 13.2. The Balaban J connectivity index is 1.91. The van der Waals surface area contributed by atoms with Gasteiger partial charge in [0.15, 0.2) is 5.58 Å². The minimum Gasteiger partial charge on any atom is -0.437 e. The van der Waals surface area contributed by atoms with E-state index in [1.807, 2.05) is 36.4 Å². The van der Waals surface area contributed by atoms with Crippen molar-refractivity contribution in [2.75, 3.05) is 0 Å². The molecule has 94 valence electrons. The van der Waals surface area contributed by atoms with Crippen molar-refractivity contribution < 1.29 is 4.42 Å². The van der Waals surface area contributed by atoms with Gasteiger partial charge in [-0.15, -0.1) is 0 Å². The van der Waals surface area contributed by atoms with E-state index in [9.17, 15) is 0 Å². The molecule has 2 nitrogen and oxygen atoms in total. The molecular weight excluding hydrogens is 281 g/mol. The van der Waals surface area contributed by atoms with E-state index in [4.69, 9.17) is 27.6 Å². The number of para-hydroxylation sites is 2. The number of halogens is 2. The Morgan fingerprint density at radius 1 is 0.947 bits per heavy atom. The Labute approximate surface area is 120 Å². The summed E-state index contributed by atoms with van der Waals surface area (Å²) in [5, 5.41) is 1.07. The van der Waals surface area contributed by atoms with Gasteiger partial charge in [0.05, 0.1) is 10.0 Å². The van der Waals surface area contributed by atoms with Crippen molar-refractivity contribution in [3.8, 4) is 0 Å². The molecule has 0 radical (unpaired) electrons. The van der Waals surface area contributed by atoms with Crippen molar-refractivity contribution in [1.82, 2.24) is 4.98 Å². The molecule has 0 aliphatic rings. The number of oxazole rings is 1. The van der Waals surface area contributed by atoms with Crippen LogP contribution >= 0.6 is 23.2 Å². The number of nitrogens with zero attached hydrogens (tertiary/aromatic N) is 1. The molecule has 0 aliphatic heterocycles. The van der Waals surface area contributed by atoms with Crippen LogP contribution in [0.5, 0.6) is 0 Å². The van der Waals surface area contributed by atoms with Crippen molar-refractivity contribution in [3.63, 3.8) is 0 Å². The molecule has 0 spiro atoms. The van der Waals surface area contributed by atoms with Crippen LogP contribution in [-0.4, -0.2) is 4.98 Å². The zero-order valence-electron chi connectivity index (χ0n) is 9.81. The number of fused-ring (bicyclic) bond motifs is 1. The lowest BCUT2D eigenvalue weighted by molar-refractivity contribution is 0.590. The molecule has 3 aromatic rings. The summed E-state index contributed by atoms with van der Waals surface area (Å²) in [6.07, 6.45) is 3.69. The molecule has 1 aromatic heterocycles. The van der Waals surface area contributed by atoms with E-state index in [1.54, 1.807) is 18.2 Å². The third-order valence-corrected chi connectivity index (χ3v) is 3.41. The van der Waals surface area contributed by atoms with Crippen LogP contribution in [0.3, 0.4) is 0 Å². The van der Waals surface area contributed by atoms with Crippen molar-refractivity contribution in [2.24, 2.45) is 0 Å². The number of hydrogen-bond donors (Lipinski definition) is 0. The molecule has 0 unspecified atom stereocenters. The Morgan fingerprint density at radius 2 is 1.79 bits per heavy atom. The second kappa shape index (κ2) is 5.08. The molecule has 0 saturated heterocycles. The lowest BCUT2D eigenvalue weighted by Gasteiger charge is -1.96. The van der Waals surface area contributed by atoms with Gasteiger partial charge in [0.1, 0.15) is 5.52 Å².